The van der Waals surface area contributed by atoms with E-state index in [4.69, 9.17) is 19.9 Å². The van der Waals surface area contributed by atoms with Crippen molar-refractivity contribution in [2.75, 3.05) is 26.8 Å². The molecule has 4 heterocycles. The molecule has 1 N–H and O–H groups in total. The van der Waals surface area contributed by atoms with Crippen molar-refractivity contribution in [3.63, 3.8) is 0 Å². The van der Waals surface area contributed by atoms with Gasteiger partial charge >= 0.3 is 6.18 Å². The minimum Gasteiger partial charge on any atom is -0.488 e. The number of pyridine rings is 2. The third-order valence-corrected chi connectivity index (χ3v) is 6.55. The van der Waals surface area contributed by atoms with Gasteiger partial charge in [0.1, 0.15) is 29.6 Å². The van der Waals surface area contributed by atoms with Crippen molar-refractivity contribution in [3.05, 3.63) is 54.2 Å². The van der Waals surface area contributed by atoms with Gasteiger partial charge < -0.3 is 14.9 Å². The summed E-state index contributed by atoms with van der Waals surface area (Å²) in [6.07, 6.45) is -2.75. The summed E-state index contributed by atoms with van der Waals surface area (Å²) in [6, 6.07) is 10.3. The maximum atomic E-state index is 14.1. The van der Waals surface area contributed by atoms with Gasteiger partial charge in [0.15, 0.2) is 11.5 Å². The highest BCUT2D eigenvalue weighted by atomic mass is 19.4. The van der Waals surface area contributed by atoms with Gasteiger partial charge in [-0.25, -0.2) is 4.98 Å². The number of rotatable bonds is 7. The first-order valence-electron chi connectivity index (χ1n) is 11.9. The number of hydrogen-bond acceptors (Lipinski definition) is 7. The average molecular weight is 513 g/mol. The van der Waals surface area contributed by atoms with E-state index in [0.29, 0.717) is 47.2 Å². The van der Waals surface area contributed by atoms with E-state index in [1.807, 2.05) is 38.1 Å². The lowest BCUT2D eigenvalue weighted by molar-refractivity contribution is -0.183. The molecule has 1 aromatic carbocycles. The number of likely N-dealkylation sites (tertiary alicyclic amines) is 1. The molecule has 8 nitrogen and oxygen atoms in total. The van der Waals surface area contributed by atoms with Crippen molar-refractivity contribution in [1.29, 1.82) is 5.41 Å². The molecule has 0 saturated carbocycles. The molecule has 1 saturated heterocycles. The lowest BCUT2D eigenvalue weighted by Gasteiger charge is -2.29. The molecule has 1 fully saturated rings. The van der Waals surface area contributed by atoms with E-state index >= 15 is 0 Å². The Morgan fingerprint density at radius 1 is 1.08 bits per heavy atom. The summed E-state index contributed by atoms with van der Waals surface area (Å²) in [5.41, 5.74) is 1.31. The molecule has 0 bridgehead atoms. The smallest absolute Gasteiger partial charge is 0.408 e. The van der Waals surface area contributed by atoms with Crippen LogP contribution < -0.4 is 4.74 Å². The van der Waals surface area contributed by atoms with Gasteiger partial charge in [0, 0.05) is 37.5 Å². The molecule has 0 amide bonds. The number of fused-ring (bicyclic) bond motifs is 2. The number of hydrogen-bond donors (Lipinski definition) is 1. The number of para-hydroxylation sites is 1. The van der Waals surface area contributed by atoms with E-state index in [9.17, 15) is 13.2 Å². The number of methoxy groups -OCH3 is 1. The molecule has 1 aliphatic heterocycles. The average Bonchev–Trinajstić information content (AvgIpc) is 3.47. The Labute approximate surface area is 211 Å². The summed E-state index contributed by atoms with van der Waals surface area (Å²) < 4.78 is 55.4. The third kappa shape index (κ3) is 5.01. The number of ether oxygens (including phenoxy) is 2. The SMILES string of the molecule is COC(C)(C)COc1cccc2ccc(-c3nnc4ccc([C@@H](N5CCC(=N)C5)C(F)(F)F)cn34)nc12. The van der Waals surface area contributed by atoms with Crippen LogP contribution >= 0.6 is 0 Å². The first-order chi connectivity index (χ1) is 17.6. The molecule has 1 atom stereocenters. The first kappa shape index (κ1) is 25.1. The van der Waals surface area contributed by atoms with Crippen molar-refractivity contribution in [1.82, 2.24) is 24.5 Å². The van der Waals surface area contributed by atoms with Gasteiger partial charge in [0.25, 0.3) is 0 Å². The van der Waals surface area contributed by atoms with Gasteiger partial charge in [0.05, 0.1) is 5.60 Å². The van der Waals surface area contributed by atoms with Gasteiger partial charge in [-0.05, 0) is 44.0 Å². The van der Waals surface area contributed by atoms with E-state index in [0.717, 1.165) is 5.39 Å². The van der Waals surface area contributed by atoms with Gasteiger partial charge in [0.2, 0.25) is 0 Å². The lowest BCUT2D eigenvalue weighted by atomic mass is 10.1. The number of aromatic nitrogens is 4. The fraction of sp³-hybridized carbons (Fsp3) is 0.385. The number of alkyl halides is 3. The van der Waals surface area contributed by atoms with Crippen LogP contribution in [0.3, 0.4) is 0 Å². The highest BCUT2D eigenvalue weighted by Crippen LogP contribution is 2.39. The summed E-state index contributed by atoms with van der Waals surface area (Å²) in [5.74, 6) is 0.883. The second-order valence-electron chi connectivity index (χ2n) is 9.76. The van der Waals surface area contributed by atoms with Crippen LogP contribution in [0.15, 0.2) is 48.7 Å². The molecule has 1 aliphatic rings. The monoisotopic (exact) mass is 512 g/mol. The summed E-state index contributed by atoms with van der Waals surface area (Å²) >= 11 is 0. The first-order valence-corrected chi connectivity index (χ1v) is 11.9. The fourth-order valence-corrected chi connectivity index (χ4v) is 4.42. The Kier molecular flexibility index (Phi) is 6.36. The van der Waals surface area contributed by atoms with Gasteiger partial charge in [-0.2, -0.15) is 13.2 Å². The minimum atomic E-state index is -4.50. The topological polar surface area (TPSA) is 88.6 Å². The fourth-order valence-electron chi connectivity index (χ4n) is 4.42. The lowest BCUT2D eigenvalue weighted by Crippen LogP contribution is -2.37. The molecule has 5 rings (SSSR count). The van der Waals surface area contributed by atoms with E-state index < -0.39 is 17.8 Å². The van der Waals surface area contributed by atoms with E-state index in [1.54, 1.807) is 13.2 Å². The van der Waals surface area contributed by atoms with Gasteiger partial charge in [-0.1, -0.05) is 24.3 Å². The number of halogens is 3. The number of nitrogens with zero attached hydrogens (tertiary/aromatic N) is 5. The molecule has 0 aliphatic carbocycles. The second-order valence-corrected chi connectivity index (χ2v) is 9.76. The van der Waals surface area contributed by atoms with E-state index in [-0.39, 0.29) is 18.7 Å². The maximum absolute atomic E-state index is 14.1. The van der Waals surface area contributed by atoms with Gasteiger partial charge in [-0.3, -0.25) is 9.30 Å². The second kappa shape index (κ2) is 9.38. The zero-order chi connectivity index (χ0) is 26.4. The summed E-state index contributed by atoms with van der Waals surface area (Å²) in [7, 11) is 1.62. The molecule has 4 aromatic rings. The normalized spacial score (nSPS) is 16.1. The van der Waals surface area contributed by atoms with E-state index in [2.05, 4.69) is 10.2 Å². The van der Waals surface area contributed by atoms with Crippen molar-refractivity contribution in [3.8, 4) is 17.3 Å². The molecular weight excluding hydrogens is 485 g/mol. The standard InChI is InChI=1S/C26H27F3N6O2/c1-25(2,36-3)15-37-20-6-4-5-16-7-9-19(31-22(16)20)24-33-32-21-10-8-17(13-35(21)24)23(26(27,28)29)34-12-11-18(30)14-34/h4-10,13,23,30H,11-12,14-15H2,1-3H3/t23-/m1/s1. The van der Waals surface area contributed by atoms with Crippen LogP contribution in [-0.4, -0.2) is 68.8 Å². The van der Waals surface area contributed by atoms with Crippen molar-refractivity contribution < 1.29 is 22.6 Å². The van der Waals surface area contributed by atoms with Crippen LogP contribution in [0.25, 0.3) is 28.1 Å². The number of nitrogens with one attached hydrogen (secondary N) is 1. The van der Waals surface area contributed by atoms with Crippen LogP contribution in [0.4, 0.5) is 13.2 Å². The van der Waals surface area contributed by atoms with Crippen LogP contribution in [-0.2, 0) is 4.74 Å². The molecule has 194 valence electrons. The van der Waals surface area contributed by atoms with Crippen molar-refractivity contribution in [2.45, 2.75) is 38.1 Å². The molecule has 11 heteroatoms. The highest BCUT2D eigenvalue weighted by molar-refractivity contribution is 5.86. The molecule has 0 spiro atoms. The third-order valence-electron chi connectivity index (χ3n) is 6.55. The Hall–Kier alpha value is -3.57. The largest absolute Gasteiger partial charge is 0.488 e. The Bertz CT molecular complexity index is 1470. The molecular formula is C26H27F3N6O2. The minimum absolute atomic E-state index is 0.00780. The van der Waals surface area contributed by atoms with E-state index in [1.165, 1.54) is 27.6 Å². The molecule has 0 unspecified atom stereocenters. The number of benzene rings is 1. The Morgan fingerprint density at radius 3 is 2.59 bits per heavy atom. The van der Waals surface area contributed by atoms with Crippen LogP contribution in [0.2, 0.25) is 0 Å². The molecule has 37 heavy (non-hydrogen) atoms. The van der Waals surface area contributed by atoms with Crippen molar-refractivity contribution >= 4 is 22.3 Å². The van der Waals surface area contributed by atoms with Crippen LogP contribution in [0.5, 0.6) is 5.75 Å². The summed E-state index contributed by atoms with van der Waals surface area (Å²) in [5, 5.41) is 17.0. The Morgan fingerprint density at radius 2 is 1.89 bits per heavy atom. The summed E-state index contributed by atoms with van der Waals surface area (Å²) in [6.45, 7) is 4.31. The van der Waals surface area contributed by atoms with Crippen LogP contribution in [0.1, 0.15) is 31.9 Å². The Balaban J connectivity index is 1.56. The van der Waals surface area contributed by atoms with Gasteiger partial charge in [-0.15, -0.1) is 10.2 Å². The zero-order valence-electron chi connectivity index (χ0n) is 20.7. The predicted molar refractivity (Wildman–Crippen MR) is 133 cm³/mol. The van der Waals surface area contributed by atoms with Crippen molar-refractivity contribution in [2.24, 2.45) is 0 Å². The molecule has 0 radical (unpaired) electrons. The molecule has 3 aromatic heterocycles. The summed E-state index contributed by atoms with van der Waals surface area (Å²) in [4.78, 5) is 6.04. The zero-order valence-corrected chi connectivity index (χ0v) is 20.7. The highest BCUT2D eigenvalue weighted by Gasteiger charge is 2.46. The maximum Gasteiger partial charge on any atom is 0.408 e. The van der Waals surface area contributed by atoms with Crippen LogP contribution in [0, 0.1) is 5.41 Å². The predicted octanol–water partition coefficient (Wildman–Crippen LogP) is 5.08. The quantitative estimate of drug-likeness (QED) is 0.372.